The summed E-state index contributed by atoms with van der Waals surface area (Å²) in [7, 11) is 1.49. The molecule has 0 atom stereocenters. The highest BCUT2D eigenvalue weighted by molar-refractivity contribution is 6.31. The summed E-state index contributed by atoms with van der Waals surface area (Å²) >= 11 is 6.07. The summed E-state index contributed by atoms with van der Waals surface area (Å²) in [5.41, 5.74) is 1.24. The Morgan fingerprint density at radius 3 is 2.51 bits per heavy atom. The Morgan fingerprint density at radius 1 is 1.06 bits per heavy atom. The molecule has 35 heavy (non-hydrogen) atoms. The minimum absolute atomic E-state index is 0.0560. The summed E-state index contributed by atoms with van der Waals surface area (Å²) in [5, 5.41) is 0.434. The summed E-state index contributed by atoms with van der Waals surface area (Å²) in [6, 6.07) is 14.6. The topological polar surface area (TPSA) is 83.4 Å². The molecule has 1 aliphatic rings. The maximum atomic E-state index is 13.1. The monoisotopic (exact) mass is 495 g/mol. The lowest BCUT2D eigenvalue weighted by molar-refractivity contribution is -0.129. The van der Waals surface area contributed by atoms with E-state index in [0.717, 1.165) is 0 Å². The Bertz CT molecular complexity index is 1350. The molecule has 0 saturated heterocycles. The zero-order valence-corrected chi connectivity index (χ0v) is 19.5. The van der Waals surface area contributed by atoms with Crippen molar-refractivity contribution in [2.75, 3.05) is 13.7 Å². The van der Waals surface area contributed by atoms with Crippen LogP contribution in [0.2, 0.25) is 5.02 Å². The zero-order valence-electron chi connectivity index (χ0n) is 18.7. The van der Waals surface area contributed by atoms with E-state index in [2.05, 4.69) is 4.99 Å². The lowest BCUT2D eigenvalue weighted by Gasteiger charge is -2.11. The summed E-state index contributed by atoms with van der Waals surface area (Å²) < 4.78 is 34.8. The lowest BCUT2D eigenvalue weighted by Crippen LogP contribution is -2.09. The smallest absolute Gasteiger partial charge is 0.363 e. The van der Waals surface area contributed by atoms with Gasteiger partial charge in [0, 0.05) is 5.02 Å². The molecule has 1 heterocycles. The van der Waals surface area contributed by atoms with Crippen LogP contribution in [0.4, 0.5) is 4.39 Å². The van der Waals surface area contributed by atoms with Crippen molar-refractivity contribution >= 4 is 35.5 Å². The summed E-state index contributed by atoms with van der Waals surface area (Å²) in [5.74, 6) is -0.801. The van der Waals surface area contributed by atoms with Gasteiger partial charge in [-0.3, -0.25) is 0 Å². The Kier molecular flexibility index (Phi) is 7.12. The molecule has 3 aromatic carbocycles. The highest BCUT2D eigenvalue weighted by atomic mass is 35.5. The van der Waals surface area contributed by atoms with Gasteiger partial charge in [-0.25, -0.2) is 19.0 Å². The van der Waals surface area contributed by atoms with E-state index < -0.39 is 17.8 Å². The van der Waals surface area contributed by atoms with E-state index in [1.54, 1.807) is 37.3 Å². The van der Waals surface area contributed by atoms with Crippen LogP contribution in [0.25, 0.3) is 6.08 Å². The van der Waals surface area contributed by atoms with Gasteiger partial charge in [0.1, 0.15) is 11.6 Å². The third-order valence-corrected chi connectivity index (χ3v) is 5.10. The van der Waals surface area contributed by atoms with Crippen LogP contribution in [0.3, 0.4) is 0 Å². The van der Waals surface area contributed by atoms with Crippen molar-refractivity contribution < 1.29 is 32.9 Å². The van der Waals surface area contributed by atoms with Gasteiger partial charge in [-0.1, -0.05) is 17.7 Å². The van der Waals surface area contributed by atoms with Gasteiger partial charge in [0.25, 0.3) is 0 Å². The SMILES string of the molecule is CCOc1cc(/C=C2\N=C(c3cc(Cl)ccc3OC)OC2=O)ccc1OC(=O)c1ccc(F)cc1. The molecule has 0 N–H and O–H groups in total. The normalized spacial score (nSPS) is 13.9. The predicted octanol–water partition coefficient (Wildman–Crippen LogP) is 5.45. The van der Waals surface area contributed by atoms with Gasteiger partial charge in [0.15, 0.2) is 17.2 Å². The first-order chi connectivity index (χ1) is 16.9. The number of rotatable bonds is 7. The number of nitrogens with zero attached hydrogens (tertiary/aromatic N) is 1. The van der Waals surface area contributed by atoms with Gasteiger partial charge in [0.05, 0.1) is 24.8 Å². The van der Waals surface area contributed by atoms with Crippen molar-refractivity contribution in [1.29, 1.82) is 0 Å². The van der Waals surface area contributed by atoms with Crippen LogP contribution in [0.1, 0.15) is 28.4 Å². The van der Waals surface area contributed by atoms with Crippen molar-refractivity contribution in [2.45, 2.75) is 6.92 Å². The fraction of sp³-hybridized carbons (Fsp3) is 0.115. The molecule has 9 heteroatoms. The molecule has 0 radical (unpaired) electrons. The number of carbonyl (C=O) groups is 2. The van der Waals surface area contributed by atoms with Gasteiger partial charge in [-0.15, -0.1) is 0 Å². The molecule has 4 rings (SSSR count). The standard InChI is InChI=1S/C26H19ClFNO6/c1-3-33-23-13-15(4-10-22(23)34-25(30)16-5-8-18(28)9-6-16)12-20-26(31)35-24(29-20)19-14-17(27)7-11-21(19)32-2/h4-14H,3H2,1-2H3/b20-12-. The molecule has 0 saturated carbocycles. The molecule has 0 unspecified atom stereocenters. The second-order valence-electron chi connectivity index (χ2n) is 7.22. The number of carbonyl (C=O) groups excluding carboxylic acids is 2. The Labute approximate surface area is 205 Å². The first-order valence-corrected chi connectivity index (χ1v) is 10.9. The molecular formula is C26H19ClFNO6. The molecule has 7 nitrogen and oxygen atoms in total. The molecule has 0 fully saturated rings. The fourth-order valence-corrected chi connectivity index (χ4v) is 3.41. The van der Waals surface area contributed by atoms with Gasteiger partial charge in [-0.05, 0) is 73.2 Å². The van der Waals surface area contributed by atoms with E-state index >= 15 is 0 Å². The molecule has 0 bridgehead atoms. The quantitative estimate of drug-likeness (QED) is 0.246. The first-order valence-electron chi connectivity index (χ1n) is 10.5. The van der Waals surface area contributed by atoms with Crippen molar-refractivity contribution in [3.63, 3.8) is 0 Å². The van der Waals surface area contributed by atoms with Crippen LogP contribution in [0.15, 0.2) is 71.4 Å². The number of aliphatic imine (C=N–C) groups is 1. The van der Waals surface area contributed by atoms with Crippen LogP contribution in [0, 0.1) is 5.82 Å². The van der Waals surface area contributed by atoms with Crippen LogP contribution in [0.5, 0.6) is 17.2 Å². The maximum absolute atomic E-state index is 13.1. The highest BCUT2D eigenvalue weighted by Crippen LogP contribution is 2.32. The molecular weight excluding hydrogens is 477 g/mol. The molecule has 0 aromatic heterocycles. The first kappa shape index (κ1) is 24.0. The van der Waals surface area contributed by atoms with Crippen LogP contribution in [-0.4, -0.2) is 31.6 Å². The Hall–Kier alpha value is -4.17. The van der Waals surface area contributed by atoms with E-state index in [-0.39, 0.29) is 28.7 Å². The Balaban J connectivity index is 1.61. The van der Waals surface area contributed by atoms with Crippen molar-refractivity contribution in [2.24, 2.45) is 4.99 Å². The average molecular weight is 496 g/mol. The highest BCUT2D eigenvalue weighted by Gasteiger charge is 2.27. The van der Waals surface area contributed by atoms with Crippen molar-refractivity contribution in [3.8, 4) is 17.2 Å². The molecule has 0 amide bonds. The summed E-state index contributed by atoms with van der Waals surface area (Å²) in [4.78, 5) is 29.2. The fourth-order valence-electron chi connectivity index (χ4n) is 3.24. The number of hydrogen-bond donors (Lipinski definition) is 0. The number of methoxy groups -OCH3 is 1. The molecule has 178 valence electrons. The van der Waals surface area contributed by atoms with E-state index in [4.69, 9.17) is 30.5 Å². The maximum Gasteiger partial charge on any atom is 0.363 e. The average Bonchev–Trinajstić information content (AvgIpc) is 3.21. The van der Waals surface area contributed by atoms with E-state index in [1.165, 1.54) is 43.5 Å². The van der Waals surface area contributed by atoms with Crippen LogP contribution < -0.4 is 14.2 Å². The number of benzene rings is 3. The summed E-state index contributed by atoms with van der Waals surface area (Å²) in [6.45, 7) is 2.08. The number of ether oxygens (including phenoxy) is 4. The molecule has 0 aliphatic carbocycles. The van der Waals surface area contributed by atoms with Crippen LogP contribution >= 0.6 is 11.6 Å². The summed E-state index contributed by atoms with van der Waals surface area (Å²) in [6.07, 6.45) is 1.51. The second-order valence-corrected chi connectivity index (χ2v) is 7.65. The minimum Gasteiger partial charge on any atom is -0.496 e. The third kappa shape index (κ3) is 5.50. The molecule has 1 aliphatic heterocycles. The third-order valence-electron chi connectivity index (χ3n) is 4.87. The number of esters is 2. The van der Waals surface area contributed by atoms with Gasteiger partial charge >= 0.3 is 11.9 Å². The predicted molar refractivity (Wildman–Crippen MR) is 128 cm³/mol. The van der Waals surface area contributed by atoms with E-state index in [9.17, 15) is 14.0 Å². The minimum atomic E-state index is -0.666. The van der Waals surface area contributed by atoms with Gasteiger partial charge in [-0.2, -0.15) is 0 Å². The Morgan fingerprint density at radius 2 is 1.80 bits per heavy atom. The van der Waals surface area contributed by atoms with E-state index in [0.29, 0.717) is 28.5 Å². The molecule has 3 aromatic rings. The van der Waals surface area contributed by atoms with Gasteiger partial charge < -0.3 is 18.9 Å². The zero-order chi connectivity index (χ0) is 24.9. The largest absolute Gasteiger partial charge is 0.496 e. The van der Waals surface area contributed by atoms with E-state index in [1.807, 2.05) is 0 Å². The van der Waals surface area contributed by atoms with Crippen molar-refractivity contribution in [1.82, 2.24) is 0 Å². The van der Waals surface area contributed by atoms with Crippen molar-refractivity contribution in [3.05, 3.63) is 93.9 Å². The number of hydrogen-bond acceptors (Lipinski definition) is 7. The second kappa shape index (κ2) is 10.4. The number of cyclic esters (lactones) is 1. The lowest BCUT2D eigenvalue weighted by atomic mass is 10.1. The number of halogens is 2. The van der Waals surface area contributed by atoms with Gasteiger partial charge in [0.2, 0.25) is 5.90 Å². The van der Waals surface area contributed by atoms with Crippen LogP contribution in [-0.2, 0) is 9.53 Å². The molecule has 0 spiro atoms.